The zero-order chi connectivity index (χ0) is 21.0. The van der Waals surface area contributed by atoms with Crippen LogP contribution < -0.4 is 10.1 Å². The molecule has 154 valence electrons. The lowest BCUT2D eigenvalue weighted by Gasteiger charge is -2.20. The Morgan fingerprint density at radius 1 is 1.14 bits per heavy atom. The van der Waals surface area contributed by atoms with Crippen molar-refractivity contribution in [1.82, 2.24) is 15.5 Å². The van der Waals surface area contributed by atoms with Gasteiger partial charge in [0.1, 0.15) is 5.75 Å². The smallest absolute Gasteiger partial charge is 0.416 e. The van der Waals surface area contributed by atoms with Gasteiger partial charge < -0.3 is 9.26 Å². The molecular formula is C21H22F3N3O2. The maximum absolute atomic E-state index is 12.9. The SMILES string of the molecule is CCC(NC(C)c1nc(-c2cccc(C(F)(F)F)c2)no1)c1ccc(OC)cc1. The van der Waals surface area contributed by atoms with E-state index in [-0.39, 0.29) is 23.5 Å². The number of aromatic nitrogens is 2. The molecule has 2 aromatic carbocycles. The van der Waals surface area contributed by atoms with Crippen molar-refractivity contribution in [3.8, 4) is 17.1 Å². The molecule has 3 aromatic rings. The minimum absolute atomic E-state index is 0.0415. The van der Waals surface area contributed by atoms with Crippen LogP contribution in [0.25, 0.3) is 11.4 Å². The van der Waals surface area contributed by atoms with Crippen LogP contribution in [-0.2, 0) is 6.18 Å². The number of hydrogen-bond acceptors (Lipinski definition) is 5. The van der Waals surface area contributed by atoms with Crippen molar-refractivity contribution in [1.29, 1.82) is 0 Å². The maximum atomic E-state index is 12.9. The molecule has 0 amide bonds. The van der Waals surface area contributed by atoms with Gasteiger partial charge in [-0.2, -0.15) is 18.2 Å². The number of ether oxygens (including phenoxy) is 1. The van der Waals surface area contributed by atoms with Crippen LogP contribution in [0.4, 0.5) is 13.2 Å². The first-order chi connectivity index (χ1) is 13.8. The molecule has 0 saturated carbocycles. The van der Waals surface area contributed by atoms with E-state index in [4.69, 9.17) is 9.26 Å². The van der Waals surface area contributed by atoms with Crippen molar-refractivity contribution in [2.24, 2.45) is 0 Å². The van der Waals surface area contributed by atoms with E-state index < -0.39 is 11.7 Å². The molecule has 2 unspecified atom stereocenters. The third kappa shape index (κ3) is 4.95. The summed E-state index contributed by atoms with van der Waals surface area (Å²) in [5.41, 5.74) is 0.583. The summed E-state index contributed by atoms with van der Waals surface area (Å²) >= 11 is 0. The zero-order valence-corrected chi connectivity index (χ0v) is 16.3. The fraction of sp³-hybridized carbons (Fsp3) is 0.333. The molecule has 2 atom stereocenters. The Bertz CT molecular complexity index is 939. The second kappa shape index (κ2) is 8.65. The predicted molar refractivity (Wildman–Crippen MR) is 102 cm³/mol. The van der Waals surface area contributed by atoms with Gasteiger partial charge in [-0.3, -0.25) is 5.32 Å². The molecule has 1 N–H and O–H groups in total. The maximum Gasteiger partial charge on any atom is 0.416 e. The Hall–Kier alpha value is -2.87. The average Bonchev–Trinajstić information content (AvgIpc) is 3.22. The number of nitrogens with zero attached hydrogens (tertiary/aromatic N) is 2. The van der Waals surface area contributed by atoms with E-state index in [1.54, 1.807) is 7.11 Å². The summed E-state index contributed by atoms with van der Waals surface area (Å²) in [6.45, 7) is 3.92. The Morgan fingerprint density at radius 3 is 2.48 bits per heavy atom. The van der Waals surface area contributed by atoms with E-state index in [0.29, 0.717) is 5.89 Å². The van der Waals surface area contributed by atoms with Crippen molar-refractivity contribution >= 4 is 0 Å². The number of rotatable bonds is 7. The van der Waals surface area contributed by atoms with E-state index >= 15 is 0 Å². The minimum Gasteiger partial charge on any atom is -0.497 e. The highest BCUT2D eigenvalue weighted by atomic mass is 19.4. The third-order valence-electron chi connectivity index (χ3n) is 4.64. The molecule has 0 aliphatic heterocycles. The molecule has 0 bridgehead atoms. The number of alkyl halides is 3. The summed E-state index contributed by atoms with van der Waals surface area (Å²) in [7, 11) is 1.62. The van der Waals surface area contributed by atoms with Crippen LogP contribution in [0.3, 0.4) is 0 Å². The summed E-state index contributed by atoms with van der Waals surface area (Å²) in [5.74, 6) is 1.21. The summed E-state index contributed by atoms with van der Waals surface area (Å²) in [6.07, 6.45) is -3.60. The summed E-state index contributed by atoms with van der Waals surface area (Å²) in [5, 5.41) is 7.27. The molecule has 5 nitrogen and oxygen atoms in total. The van der Waals surface area contributed by atoms with Crippen LogP contribution >= 0.6 is 0 Å². The van der Waals surface area contributed by atoms with Gasteiger partial charge in [0, 0.05) is 11.6 Å². The Balaban J connectivity index is 1.75. The van der Waals surface area contributed by atoms with Gasteiger partial charge in [0.15, 0.2) is 0 Å². The van der Waals surface area contributed by atoms with Gasteiger partial charge >= 0.3 is 6.18 Å². The van der Waals surface area contributed by atoms with Crippen LogP contribution in [0.5, 0.6) is 5.75 Å². The van der Waals surface area contributed by atoms with Crippen LogP contribution in [0.15, 0.2) is 53.1 Å². The fourth-order valence-corrected chi connectivity index (χ4v) is 3.02. The van der Waals surface area contributed by atoms with Crippen molar-refractivity contribution < 1.29 is 22.4 Å². The topological polar surface area (TPSA) is 60.2 Å². The van der Waals surface area contributed by atoms with Crippen molar-refractivity contribution in [2.75, 3.05) is 7.11 Å². The number of nitrogens with one attached hydrogen (secondary N) is 1. The lowest BCUT2D eigenvalue weighted by Crippen LogP contribution is -2.24. The van der Waals surface area contributed by atoms with E-state index in [9.17, 15) is 13.2 Å². The molecule has 0 aliphatic rings. The van der Waals surface area contributed by atoms with Gasteiger partial charge in [-0.15, -0.1) is 0 Å². The van der Waals surface area contributed by atoms with Gasteiger partial charge in [-0.1, -0.05) is 36.3 Å². The second-order valence-electron chi connectivity index (χ2n) is 6.66. The molecule has 0 fully saturated rings. The van der Waals surface area contributed by atoms with Gasteiger partial charge in [-0.25, -0.2) is 0 Å². The first kappa shape index (κ1) is 20.9. The number of benzene rings is 2. The van der Waals surface area contributed by atoms with E-state index in [1.165, 1.54) is 12.1 Å². The lowest BCUT2D eigenvalue weighted by molar-refractivity contribution is -0.137. The van der Waals surface area contributed by atoms with Crippen molar-refractivity contribution in [3.05, 3.63) is 65.5 Å². The molecule has 0 radical (unpaired) electrons. The standard InChI is InChI=1S/C21H22F3N3O2/c1-4-18(14-8-10-17(28-3)11-9-14)25-13(2)20-26-19(27-29-20)15-6-5-7-16(12-15)21(22,23)24/h5-13,18,25H,4H2,1-3H3. The molecule has 1 heterocycles. The largest absolute Gasteiger partial charge is 0.497 e. The van der Waals surface area contributed by atoms with Crippen molar-refractivity contribution in [3.63, 3.8) is 0 Å². The summed E-state index contributed by atoms with van der Waals surface area (Å²) < 4.78 is 49.3. The number of halogens is 3. The first-order valence-electron chi connectivity index (χ1n) is 9.23. The quantitative estimate of drug-likeness (QED) is 0.557. The highest BCUT2D eigenvalue weighted by Gasteiger charge is 2.31. The van der Waals surface area contributed by atoms with E-state index in [0.717, 1.165) is 29.9 Å². The van der Waals surface area contributed by atoms with Gasteiger partial charge in [0.2, 0.25) is 11.7 Å². The molecular weight excluding hydrogens is 383 g/mol. The highest BCUT2D eigenvalue weighted by Crippen LogP contribution is 2.32. The number of methoxy groups -OCH3 is 1. The molecule has 3 rings (SSSR count). The predicted octanol–water partition coefficient (Wildman–Crippen LogP) is 5.57. The second-order valence-corrected chi connectivity index (χ2v) is 6.66. The van der Waals surface area contributed by atoms with Gasteiger partial charge in [-0.05, 0) is 43.2 Å². The van der Waals surface area contributed by atoms with E-state index in [2.05, 4.69) is 22.4 Å². The molecule has 0 saturated heterocycles. The molecule has 29 heavy (non-hydrogen) atoms. The average molecular weight is 405 g/mol. The number of hydrogen-bond donors (Lipinski definition) is 1. The first-order valence-corrected chi connectivity index (χ1v) is 9.23. The van der Waals surface area contributed by atoms with Gasteiger partial charge in [0.25, 0.3) is 0 Å². The van der Waals surface area contributed by atoms with Crippen LogP contribution in [0.1, 0.15) is 49.4 Å². The zero-order valence-electron chi connectivity index (χ0n) is 16.3. The van der Waals surface area contributed by atoms with Crippen molar-refractivity contribution in [2.45, 2.75) is 38.5 Å². The van der Waals surface area contributed by atoms with E-state index in [1.807, 2.05) is 31.2 Å². The molecule has 0 spiro atoms. The van der Waals surface area contributed by atoms with Gasteiger partial charge in [0.05, 0.1) is 18.7 Å². The summed E-state index contributed by atoms with van der Waals surface area (Å²) in [4.78, 5) is 4.28. The van der Waals surface area contributed by atoms with Crippen LogP contribution in [0.2, 0.25) is 0 Å². The normalized spacial score (nSPS) is 13.9. The Labute approximate surface area is 166 Å². The summed E-state index contributed by atoms with van der Waals surface area (Å²) in [6, 6.07) is 12.4. The van der Waals surface area contributed by atoms with Crippen LogP contribution in [0, 0.1) is 0 Å². The monoisotopic (exact) mass is 405 g/mol. The van der Waals surface area contributed by atoms with Crippen LogP contribution in [-0.4, -0.2) is 17.3 Å². The Morgan fingerprint density at radius 2 is 1.86 bits per heavy atom. The highest BCUT2D eigenvalue weighted by molar-refractivity contribution is 5.55. The fourth-order valence-electron chi connectivity index (χ4n) is 3.02. The molecule has 8 heteroatoms. The molecule has 0 aliphatic carbocycles. The third-order valence-corrected chi connectivity index (χ3v) is 4.64. The Kier molecular flexibility index (Phi) is 6.22. The minimum atomic E-state index is -4.43. The molecule has 1 aromatic heterocycles. The lowest BCUT2D eigenvalue weighted by atomic mass is 10.0.